The number of aromatic amines is 1. The first kappa shape index (κ1) is 19.1. The minimum absolute atomic E-state index is 0.0256. The van der Waals surface area contributed by atoms with Gasteiger partial charge in [-0.05, 0) is 31.0 Å². The lowest BCUT2D eigenvalue weighted by Crippen LogP contribution is -2.31. The largest absolute Gasteiger partial charge is 0.491 e. The van der Waals surface area contributed by atoms with Crippen molar-refractivity contribution < 1.29 is 14.3 Å². The highest BCUT2D eigenvalue weighted by molar-refractivity contribution is 5.95. The lowest BCUT2D eigenvalue weighted by Gasteiger charge is -2.23. The van der Waals surface area contributed by atoms with Crippen molar-refractivity contribution in [1.82, 2.24) is 20.1 Å². The van der Waals surface area contributed by atoms with Crippen molar-refractivity contribution in [2.24, 2.45) is 0 Å². The fourth-order valence-corrected chi connectivity index (χ4v) is 3.56. The molecule has 1 fully saturated rings. The molecule has 3 aromatic rings. The Hall–Kier alpha value is -3.19. The molecule has 0 radical (unpaired) electrons. The first-order valence-electron chi connectivity index (χ1n) is 9.77. The summed E-state index contributed by atoms with van der Waals surface area (Å²) in [6.45, 7) is 1.64. The maximum absolute atomic E-state index is 13.2. The lowest BCUT2D eigenvalue weighted by molar-refractivity contribution is 0.0729. The molecule has 0 bridgehead atoms. The van der Waals surface area contributed by atoms with Crippen molar-refractivity contribution in [1.29, 1.82) is 0 Å². The Morgan fingerprint density at radius 2 is 2.03 bits per heavy atom. The molecule has 7 heteroatoms. The minimum Gasteiger partial charge on any atom is -0.491 e. The first-order valence-corrected chi connectivity index (χ1v) is 9.77. The molecule has 1 aliphatic rings. The predicted molar refractivity (Wildman–Crippen MR) is 109 cm³/mol. The summed E-state index contributed by atoms with van der Waals surface area (Å²) in [6.07, 6.45) is 1.79. The quantitative estimate of drug-likeness (QED) is 0.623. The Morgan fingerprint density at radius 3 is 2.86 bits per heavy atom. The third-order valence-electron chi connectivity index (χ3n) is 5.00. The van der Waals surface area contributed by atoms with Gasteiger partial charge in [-0.15, -0.1) is 0 Å². The van der Waals surface area contributed by atoms with Crippen molar-refractivity contribution in [3.63, 3.8) is 0 Å². The maximum atomic E-state index is 13.2. The summed E-state index contributed by atoms with van der Waals surface area (Å²) in [4.78, 5) is 19.7. The van der Waals surface area contributed by atoms with Gasteiger partial charge in [-0.3, -0.25) is 9.89 Å². The number of nitrogens with zero attached hydrogens (tertiary/aromatic N) is 3. The van der Waals surface area contributed by atoms with Gasteiger partial charge in [0.05, 0.1) is 12.6 Å². The number of rotatable bonds is 7. The molecule has 4 rings (SSSR count). The van der Waals surface area contributed by atoms with Crippen LogP contribution in [0.1, 0.15) is 35.1 Å². The number of nitrogens with one attached hydrogen (secondary N) is 1. The van der Waals surface area contributed by atoms with Crippen LogP contribution in [-0.2, 0) is 4.74 Å². The second kappa shape index (κ2) is 8.87. The standard InChI is InChI=1S/C22H24N4O3/c1-28-13-14-29-18-10-5-9-17(15-18)22(27)26-12-6-11-19(26)21-23-20(24-25-21)16-7-3-2-4-8-16/h2-5,7-10,15,19H,6,11-14H2,1H3,(H,23,24,25)/t19-/m0/s1. The van der Waals surface area contributed by atoms with E-state index in [1.807, 2.05) is 53.4 Å². The van der Waals surface area contributed by atoms with E-state index in [1.165, 1.54) is 0 Å². The van der Waals surface area contributed by atoms with Gasteiger partial charge in [-0.1, -0.05) is 36.4 Å². The second-order valence-corrected chi connectivity index (χ2v) is 6.94. The Bertz CT molecular complexity index is 957. The monoisotopic (exact) mass is 392 g/mol. The Labute approximate surface area is 169 Å². The van der Waals surface area contributed by atoms with Crippen molar-refractivity contribution in [2.45, 2.75) is 18.9 Å². The molecule has 0 spiro atoms. The van der Waals surface area contributed by atoms with Gasteiger partial charge < -0.3 is 14.4 Å². The maximum Gasteiger partial charge on any atom is 0.254 e. The number of ether oxygens (including phenoxy) is 2. The highest BCUT2D eigenvalue weighted by Gasteiger charge is 2.33. The minimum atomic E-state index is -0.106. The van der Waals surface area contributed by atoms with Gasteiger partial charge in [0.25, 0.3) is 5.91 Å². The molecule has 1 aromatic heterocycles. The number of carbonyl (C=O) groups is 1. The zero-order chi connectivity index (χ0) is 20.1. The van der Waals surface area contributed by atoms with Crippen LogP contribution < -0.4 is 4.74 Å². The summed E-state index contributed by atoms with van der Waals surface area (Å²) < 4.78 is 10.6. The van der Waals surface area contributed by atoms with Gasteiger partial charge in [0.1, 0.15) is 18.2 Å². The van der Waals surface area contributed by atoms with E-state index >= 15 is 0 Å². The van der Waals surface area contributed by atoms with E-state index in [4.69, 9.17) is 9.47 Å². The van der Waals surface area contributed by atoms with Crippen molar-refractivity contribution in [3.8, 4) is 17.1 Å². The molecular formula is C22H24N4O3. The van der Waals surface area contributed by atoms with Crippen LogP contribution in [-0.4, -0.2) is 52.9 Å². The predicted octanol–water partition coefficient (Wildman–Crippen LogP) is 3.47. The van der Waals surface area contributed by atoms with Crippen LogP contribution in [0.4, 0.5) is 0 Å². The van der Waals surface area contributed by atoms with Crippen LogP contribution in [0.5, 0.6) is 5.75 Å². The summed E-state index contributed by atoms with van der Waals surface area (Å²) >= 11 is 0. The molecule has 7 nitrogen and oxygen atoms in total. The third kappa shape index (κ3) is 4.30. The van der Waals surface area contributed by atoms with Crippen molar-refractivity contribution in [2.75, 3.05) is 26.9 Å². The summed E-state index contributed by atoms with van der Waals surface area (Å²) in [5, 5.41) is 7.38. The second-order valence-electron chi connectivity index (χ2n) is 6.94. The third-order valence-corrected chi connectivity index (χ3v) is 5.00. The highest BCUT2D eigenvalue weighted by Crippen LogP contribution is 2.32. The van der Waals surface area contributed by atoms with Crippen LogP contribution >= 0.6 is 0 Å². The van der Waals surface area contributed by atoms with Gasteiger partial charge in [0, 0.05) is 24.8 Å². The first-order chi connectivity index (χ1) is 14.3. The van der Waals surface area contributed by atoms with Crippen molar-refractivity contribution >= 4 is 5.91 Å². The number of amides is 1. The van der Waals surface area contributed by atoms with E-state index in [1.54, 1.807) is 13.2 Å². The van der Waals surface area contributed by atoms with Crippen LogP contribution in [0.15, 0.2) is 54.6 Å². The Morgan fingerprint density at radius 1 is 1.17 bits per heavy atom. The number of aromatic nitrogens is 3. The number of likely N-dealkylation sites (tertiary alicyclic amines) is 1. The smallest absolute Gasteiger partial charge is 0.254 e. The molecule has 2 aromatic carbocycles. The molecular weight excluding hydrogens is 368 g/mol. The zero-order valence-corrected chi connectivity index (χ0v) is 16.4. The molecule has 0 aliphatic carbocycles. The number of carbonyl (C=O) groups excluding carboxylic acids is 1. The van der Waals surface area contributed by atoms with Gasteiger partial charge in [0.2, 0.25) is 0 Å². The van der Waals surface area contributed by atoms with E-state index in [2.05, 4.69) is 15.2 Å². The van der Waals surface area contributed by atoms with E-state index in [9.17, 15) is 4.79 Å². The summed E-state index contributed by atoms with van der Waals surface area (Å²) in [5.41, 5.74) is 1.56. The van der Waals surface area contributed by atoms with E-state index < -0.39 is 0 Å². The number of hydrogen-bond acceptors (Lipinski definition) is 5. The van der Waals surface area contributed by atoms with Gasteiger partial charge in [-0.2, -0.15) is 5.10 Å². The van der Waals surface area contributed by atoms with Crippen molar-refractivity contribution in [3.05, 3.63) is 66.0 Å². The molecule has 1 amide bonds. The number of methoxy groups -OCH3 is 1. The molecule has 2 heterocycles. The molecule has 1 atom stereocenters. The lowest BCUT2D eigenvalue weighted by atomic mass is 10.1. The topological polar surface area (TPSA) is 80.3 Å². The average molecular weight is 392 g/mol. The molecule has 0 saturated carbocycles. The highest BCUT2D eigenvalue weighted by atomic mass is 16.5. The van der Waals surface area contributed by atoms with E-state index in [0.717, 1.165) is 24.2 Å². The molecule has 1 aliphatic heterocycles. The van der Waals surface area contributed by atoms with E-state index in [-0.39, 0.29) is 11.9 Å². The van der Waals surface area contributed by atoms with Gasteiger partial charge in [0.15, 0.2) is 5.82 Å². The van der Waals surface area contributed by atoms with Crippen LogP contribution in [0, 0.1) is 0 Å². The Balaban J connectivity index is 1.51. The van der Waals surface area contributed by atoms with Crippen LogP contribution in [0.3, 0.4) is 0 Å². The fourth-order valence-electron chi connectivity index (χ4n) is 3.56. The molecule has 0 unspecified atom stereocenters. The molecule has 1 N–H and O–H groups in total. The fraction of sp³-hybridized carbons (Fsp3) is 0.318. The van der Waals surface area contributed by atoms with E-state index in [0.29, 0.717) is 36.9 Å². The number of H-pyrrole nitrogens is 1. The molecule has 1 saturated heterocycles. The molecule has 29 heavy (non-hydrogen) atoms. The molecule has 150 valence electrons. The summed E-state index contributed by atoms with van der Waals surface area (Å²) in [6, 6.07) is 17.0. The summed E-state index contributed by atoms with van der Waals surface area (Å²) in [5.74, 6) is 2.01. The number of hydrogen-bond donors (Lipinski definition) is 1. The average Bonchev–Trinajstić information content (AvgIpc) is 3.44. The van der Waals surface area contributed by atoms with Gasteiger partial charge >= 0.3 is 0 Å². The van der Waals surface area contributed by atoms with Gasteiger partial charge in [-0.25, -0.2) is 4.98 Å². The SMILES string of the molecule is COCCOc1cccc(C(=O)N2CCC[C@H]2c2nc(-c3ccccc3)n[nH]2)c1. The zero-order valence-electron chi connectivity index (χ0n) is 16.4. The van der Waals surface area contributed by atoms with Crippen LogP contribution in [0.25, 0.3) is 11.4 Å². The number of benzene rings is 2. The van der Waals surface area contributed by atoms with Crippen LogP contribution in [0.2, 0.25) is 0 Å². The Kier molecular flexibility index (Phi) is 5.86. The summed E-state index contributed by atoms with van der Waals surface area (Å²) in [7, 11) is 1.63. The normalized spacial score (nSPS) is 16.2.